The molecule has 26 heavy (non-hydrogen) atoms. The minimum atomic E-state index is -3.81. The Balaban J connectivity index is 1.74. The number of halogens is 1. The number of nitrogens with one attached hydrogen (secondary N) is 2. The Kier molecular flexibility index (Phi) is 5.29. The van der Waals surface area contributed by atoms with Crippen LogP contribution in [0.5, 0.6) is 5.75 Å². The second-order valence-electron chi connectivity index (χ2n) is 5.32. The van der Waals surface area contributed by atoms with Crippen molar-refractivity contribution in [3.05, 3.63) is 71.9 Å². The molecule has 3 aromatic rings. The van der Waals surface area contributed by atoms with Gasteiger partial charge in [-0.25, -0.2) is 13.4 Å². The van der Waals surface area contributed by atoms with Gasteiger partial charge in [0, 0.05) is 5.69 Å². The number of benzene rings is 2. The zero-order valence-corrected chi connectivity index (χ0v) is 15.4. The highest BCUT2D eigenvalue weighted by Gasteiger charge is 2.16. The first-order valence-corrected chi connectivity index (χ1v) is 9.48. The minimum Gasteiger partial charge on any atom is -0.495 e. The van der Waals surface area contributed by atoms with Crippen LogP contribution in [0.1, 0.15) is 0 Å². The van der Waals surface area contributed by atoms with Crippen LogP contribution < -0.4 is 14.8 Å². The Hall–Kier alpha value is -2.77. The maximum absolute atomic E-state index is 12.5. The van der Waals surface area contributed by atoms with Crippen molar-refractivity contribution in [1.29, 1.82) is 0 Å². The fourth-order valence-corrected chi connectivity index (χ4v) is 3.58. The number of methoxy groups -OCH3 is 1. The van der Waals surface area contributed by atoms with Crippen molar-refractivity contribution >= 4 is 38.8 Å². The van der Waals surface area contributed by atoms with Gasteiger partial charge in [0.2, 0.25) is 0 Å². The second kappa shape index (κ2) is 7.63. The van der Waals surface area contributed by atoms with E-state index < -0.39 is 10.0 Å². The fraction of sp³-hybridized carbons (Fsp3) is 0.0556. The van der Waals surface area contributed by atoms with Crippen LogP contribution in [-0.2, 0) is 10.0 Å². The number of rotatable bonds is 6. The van der Waals surface area contributed by atoms with Gasteiger partial charge in [-0.1, -0.05) is 29.8 Å². The van der Waals surface area contributed by atoms with Crippen LogP contribution in [0.3, 0.4) is 0 Å². The molecule has 1 aromatic heterocycles. The van der Waals surface area contributed by atoms with E-state index >= 15 is 0 Å². The molecule has 1 heterocycles. The summed E-state index contributed by atoms with van der Waals surface area (Å²) in [5.74, 6) is 0.607. The van der Waals surface area contributed by atoms with Crippen LogP contribution in [0.2, 0.25) is 5.02 Å². The molecule has 134 valence electrons. The quantitative estimate of drug-likeness (QED) is 0.657. The zero-order valence-electron chi connectivity index (χ0n) is 13.8. The van der Waals surface area contributed by atoms with Gasteiger partial charge in [-0.2, -0.15) is 0 Å². The molecular formula is C18H16ClN3O3S. The van der Waals surface area contributed by atoms with Crippen molar-refractivity contribution in [3.63, 3.8) is 0 Å². The molecule has 0 aliphatic heterocycles. The standard InChI is InChI=1S/C18H16ClN3O3S/c1-25-17-9-8-15(11-16(17)19)26(23,24)22-18-10-7-14(12-20-18)21-13-5-3-2-4-6-13/h2-12,21H,1H3,(H,20,22). The Morgan fingerprint density at radius 3 is 2.38 bits per heavy atom. The molecule has 0 saturated carbocycles. The lowest BCUT2D eigenvalue weighted by Gasteiger charge is -2.10. The molecule has 8 heteroatoms. The summed E-state index contributed by atoms with van der Waals surface area (Å²) in [6.45, 7) is 0. The number of pyridine rings is 1. The highest BCUT2D eigenvalue weighted by Crippen LogP contribution is 2.27. The molecule has 0 fully saturated rings. The Morgan fingerprint density at radius 2 is 1.77 bits per heavy atom. The molecule has 2 aromatic carbocycles. The fourth-order valence-electron chi connectivity index (χ4n) is 2.23. The second-order valence-corrected chi connectivity index (χ2v) is 7.41. The first-order valence-electron chi connectivity index (χ1n) is 7.62. The molecule has 0 aliphatic rings. The van der Waals surface area contributed by atoms with E-state index in [9.17, 15) is 8.42 Å². The Bertz CT molecular complexity index is 994. The number of hydrogen-bond donors (Lipinski definition) is 2. The van der Waals surface area contributed by atoms with Crippen molar-refractivity contribution in [3.8, 4) is 5.75 Å². The molecule has 6 nitrogen and oxygen atoms in total. The number of para-hydroxylation sites is 1. The van der Waals surface area contributed by atoms with Gasteiger partial charge in [0.05, 0.1) is 28.9 Å². The van der Waals surface area contributed by atoms with E-state index in [4.69, 9.17) is 16.3 Å². The van der Waals surface area contributed by atoms with Crippen LogP contribution >= 0.6 is 11.6 Å². The lowest BCUT2D eigenvalue weighted by Crippen LogP contribution is -2.14. The number of sulfonamides is 1. The molecule has 0 saturated heterocycles. The number of aromatic nitrogens is 1. The average molecular weight is 390 g/mol. The highest BCUT2D eigenvalue weighted by molar-refractivity contribution is 7.92. The average Bonchev–Trinajstić information content (AvgIpc) is 2.64. The third kappa shape index (κ3) is 4.25. The lowest BCUT2D eigenvalue weighted by atomic mass is 10.3. The SMILES string of the molecule is COc1ccc(S(=O)(=O)Nc2ccc(Nc3ccccc3)cn2)cc1Cl. The van der Waals surface area contributed by atoms with Crippen LogP contribution in [0.25, 0.3) is 0 Å². The van der Waals surface area contributed by atoms with E-state index in [0.29, 0.717) is 5.75 Å². The summed E-state index contributed by atoms with van der Waals surface area (Å²) >= 11 is 6.00. The first-order chi connectivity index (χ1) is 12.5. The van der Waals surface area contributed by atoms with Crippen molar-refractivity contribution in [2.45, 2.75) is 4.90 Å². The van der Waals surface area contributed by atoms with Gasteiger partial charge in [0.15, 0.2) is 0 Å². The molecule has 0 amide bonds. The Morgan fingerprint density at radius 1 is 1.00 bits per heavy atom. The predicted octanol–water partition coefficient (Wildman–Crippen LogP) is 4.29. The highest BCUT2D eigenvalue weighted by atomic mass is 35.5. The normalized spacial score (nSPS) is 11.0. The van der Waals surface area contributed by atoms with E-state index in [2.05, 4.69) is 15.0 Å². The topological polar surface area (TPSA) is 80.3 Å². The van der Waals surface area contributed by atoms with E-state index in [0.717, 1.165) is 11.4 Å². The summed E-state index contributed by atoms with van der Waals surface area (Å²) in [6.07, 6.45) is 1.55. The predicted molar refractivity (Wildman–Crippen MR) is 103 cm³/mol. The molecule has 0 bridgehead atoms. The first kappa shape index (κ1) is 18.0. The van der Waals surface area contributed by atoms with Gasteiger partial charge in [-0.05, 0) is 42.5 Å². The molecule has 0 spiro atoms. The van der Waals surface area contributed by atoms with Crippen LogP contribution in [0.15, 0.2) is 71.8 Å². The maximum Gasteiger partial charge on any atom is 0.263 e. The molecule has 0 radical (unpaired) electrons. The largest absolute Gasteiger partial charge is 0.495 e. The van der Waals surface area contributed by atoms with Crippen LogP contribution in [0.4, 0.5) is 17.2 Å². The number of hydrogen-bond acceptors (Lipinski definition) is 5. The van der Waals surface area contributed by atoms with Gasteiger partial charge in [0.1, 0.15) is 11.6 Å². The molecule has 3 rings (SSSR count). The molecule has 0 atom stereocenters. The monoisotopic (exact) mass is 389 g/mol. The summed E-state index contributed by atoms with van der Waals surface area (Å²) in [7, 11) is -2.34. The smallest absolute Gasteiger partial charge is 0.263 e. The van der Waals surface area contributed by atoms with Crippen molar-refractivity contribution in [1.82, 2.24) is 4.98 Å². The Labute approximate surface area is 156 Å². The summed E-state index contributed by atoms with van der Waals surface area (Å²) in [4.78, 5) is 4.16. The van der Waals surface area contributed by atoms with Gasteiger partial charge >= 0.3 is 0 Å². The van der Waals surface area contributed by atoms with E-state index in [1.54, 1.807) is 18.3 Å². The summed E-state index contributed by atoms with van der Waals surface area (Å²) in [5.41, 5.74) is 1.65. The van der Waals surface area contributed by atoms with Crippen molar-refractivity contribution in [2.24, 2.45) is 0 Å². The van der Waals surface area contributed by atoms with E-state index in [-0.39, 0.29) is 15.7 Å². The number of anilines is 3. The summed E-state index contributed by atoms with van der Waals surface area (Å²) in [5, 5.41) is 3.39. The van der Waals surface area contributed by atoms with E-state index in [1.165, 1.54) is 25.3 Å². The van der Waals surface area contributed by atoms with Gasteiger partial charge < -0.3 is 10.1 Å². The molecule has 0 aliphatic carbocycles. The van der Waals surface area contributed by atoms with Crippen LogP contribution in [0, 0.1) is 0 Å². The molecular weight excluding hydrogens is 374 g/mol. The molecule has 2 N–H and O–H groups in total. The molecule has 0 unspecified atom stereocenters. The number of nitrogens with zero attached hydrogens (tertiary/aromatic N) is 1. The zero-order chi connectivity index (χ0) is 18.6. The minimum absolute atomic E-state index is 0.0246. The van der Waals surface area contributed by atoms with Crippen LogP contribution in [-0.4, -0.2) is 20.5 Å². The van der Waals surface area contributed by atoms with Crippen molar-refractivity contribution < 1.29 is 13.2 Å². The van der Waals surface area contributed by atoms with E-state index in [1.807, 2.05) is 30.3 Å². The summed E-state index contributed by atoms with van der Waals surface area (Å²) < 4.78 is 32.4. The van der Waals surface area contributed by atoms with Gasteiger partial charge in [-0.15, -0.1) is 0 Å². The van der Waals surface area contributed by atoms with Gasteiger partial charge in [-0.3, -0.25) is 4.72 Å². The van der Waals surface area contributed by atoms with Crippen molar-refractivity contribution in [2.75, 3.05) is 17.1 Å². The summed E-state index contributed by atoms with van der Waals surface area (Å²) in [6, 6.07) is 17.1. The maximum atomic E-state index is 12.5. The third-order valence-electron chi connectivity index (χ3n) is 3.50. The lowest BCUT2D eigenvalue weighted by molar-refractivity contribution is 0.414. The number of ether oxygens (including phenoxy) is 1. The van der Waals surface area contributed by atoms with Gasteiger partial charge in [0.25, 0.3) is 10.0 Å². The third-order valence-corrected chi connectivity index (χ3v) is 5.15.